The lowest BCUT2D eigenvalue weighted by atomic mass is 10.0. The van der Waals surface area contributed by atoms with Crippen LogP contribution in [0.3, 0.4) is 0 Å². The van der Waals surface area contributed by atoms with Crippen LogP contribution in [0, 0.1) is 0 Å². The van der Waals surface area contributed by atoms with Crippen molar-refractivity contribution < 1.29 is 23.5 Å². The molecule has 0 heterocycles. The minimum Gasteiger partial charge on any atom is -0.481 e. The van der Waals surface area contributed by atoms with Crippen LogP contribution in [0.5, 0.6) is 0 Å². The van der Waals surface area contributed by atoms with E-state index in [1.807, 2.05) is 0 Å². The molecule has 0 saturated carbocycles. The second kappa shape index (κ2) is 5.93. The molecule has 3 N–H and O–H groups in total. The van der Waals surface area contributed by atoms with Gasteiger partial charge in [0.1, 0.15) is 0 Å². The van der Waals surface area contributed by atoms with Crippen molar-refractivity contribution in [3.63, 3.8) is 0 Å². The number of nitrogens with two attached hydrogens (primary N) is 1. The summed E-state index contributed by atoms with van der Waals surface area (Å²) < 4.78 is 28.6. The summed E-state index contributed by atoms with van der Waals surface area (Å²) in [4.78, 5) is 19.2. The fourth-order valence-corrected chi connectivity index (χ4v) is 2.51. The monoisotopic (exact) mass is 305 g/mol. The maximum atomic E-state index is 14.3. The number of fused-ring (bicyclic) bond motifs is 3. The number of hydrogen-bond acceptors (Lipinski definition) is 2. The molecule has 114 valence electrons. The lowest BCUT2D eigenvalue weighted by Gasteiger charge is -2.12. The molecule has 2 aromatic carbocycles. The third kappa shape index (κ3) is 2.67. The molecule has 0 bridgehead atoms. The molecule has 1 aliphatic rings. The van der Waals surface area contributed by atoms with Crippen LogP contribution in [0.2, 0.25) is 0 Å². The number of carbonyl (C=O) groups excluding carboxylic acids is 1. The Morgan fingerprint density at radius 3 is 2.36 bits per heavy atom. The zero-order chi connectivity index (χ0) is 16.3. The minimum absolute atomic E-state index is 0.0162. The lowest BCUT2D eigenvalue weighted by Crippen LogP contribution is -2.11. The third-order valence-electron chi connectivity index (χ3n) is 3.33. The maximum absolute atomic E-state index is 14.3. The molecule has 4 nitrogen and oxygen atoms in total. The fourth-order valence-electron chi connectivity index (χ4n) is 2.51. The first-order valence-corrected chi connectivity index (χ1v) is 6.40. The van der Waals surface area contributed by atoms with Gasteiger partial charge in [0.05, 0.1) is 6.42 Å². The molecule has 1 amide bonds. The molecule has 0 unspecified atom stereocenters. The Bertz CT molecular complexity index is 729. The highest BCUT2D eigenvalue weighted by Crippen LogP contribution is 2.50. The number of rotatable bonds is 2. The maximum Gasteiger partial charge on any atom is 0.307 e. The molecule has 1 aliphatic carbocycles. The molecule has 6 heteroatoms. The molecule has 0 fully saturated rings. The molecule has 0 atom stereocenters. The standard InChI is InChI=1S/C15H10F2O2.CH3NO/c16-15(17)12-4-2-1-3-10(12)11-6-5-9(7-13(11)15)8-14(18)19;2-1-3/h1-7H,8H2,(H,18,19);1H,(H2,2,3). The van der Waals surface area contributed by atoms with Crippen LogP contribution in [0.15, 0.2) is 42.5 Å². The van der Waals surface area contributed by atoms with Gasteiger partial charge in [-0.25, -0.2) is 0 Å². The zero-order valence-corrected chi connectivity index (χ0v) is 11.4. The van der Waals surface area contributed by atoms with E-state index >= 15 is 0 Å². The van der Waals surface area contributed by atoms with Gasteiger partial charge in [-0.1, -0.05) is 36.4 Å². The number of primary amides is 1. The number of carbonyl (C=O) groups is 2. The van der Waals surface area contributed by atoms with Crippen LogP contribution >= 0.6 is 0 Å². The van der Waals surface area contributed by atoms with E-state index in [2.05, 4.69) is 5.73 Å². The Hall–Kier alpha value is -2.76. The minimum atomic E-state index is -3.06. The van der Waals surface area contributed by atoms with Crippen molar-refractivity contribution in [3.05, 3.63) is 59.2 Å². The Labute approximate surface area is 125 Å². The van der Waals surface area contributed by atoms with E-state index in [0.717, 1.165) is 0 Å². The van der Waals surface area contributed by atoms with E-state index in [4.69, 9.17) is 9.90 Å². The van der Waals surface area contributed by atoms with Gasteiger partial charge in [-0.2, -0.15) is 8.78 Å². The topological polar surface area (TPSA) is 80.4 Å². The Balaban J connectivity index is 0.000000545. The summed E-state index contributed by atoms with van der Waals surface area (Å²) in [5, 5.41) is 8.73. The zero-order valence-electron chi connectivity index (χ0n) is 11.4. The molecule has 0 aromatic heterocycles. The van der Waals surface area contributed by atoms with Gasteiger partial charge in [-0.3, -0.25) is 9.59 Å². The van der Waals surface area contributed by atoms with Gasteiger partial charge in [0.25, 0.3) is 5.92 Å². The second-order valence-electron chi connectivity index (χ2n) is 4.71. The Kier molecular flexibility index (Phi) is 4.21. The molecule has 0 radical (unpaired) electrons. The number of alkyl halides is 2. The van der Waals surface area contributed by atoms with Crippen LogP contribution < -0.4 is 5.73 Å². The van der Waals surface area contributed by atoms with Gasteiger partial charge >= 0.3 is 5.97 Å². The van der Waals surface area contributed by atoms with Gasteiger partial charge in [0, 0.05) is 11.1 Å². The highest BCUT2D eigenvalue weighted by atomic mass is 19.3. The molecular weight excluding hydrogens is 292 g/mol. The Morgan fingerprint density at radius 1 is 1.14 bits per heavy atom. The summed E-state index contributed by atoms with van der Waals surface area (Å²) in [6.07, 6.45) is -0.000292. The van der Waals surface area contributed by atoms with Gasteiger partial charge in [0.2, 0.25) is 6.41 Å². The summed E-state index contributed by atoms with van der Waals surface area (Å²) in [6.45, 7) is 0. The third-order valence-corrected chi connectivity index (χ3v) is 3.33. The van der Waals surface area contributed by atoms with Crippen molar-refractivity contribution in [2.24, 2.45) is 5.73 Å². The Morgan fingerprint density at radius 2 is 1.73 bits per heavy atom. The van der Waals surface area contributed by atoms with E-state index in [1.165, 1.54) is 12.1 Å². The number of hydrogen-bond donors (Lipinski definition) is 2. The number of halogens is 2. The van der Waals surface area contributed by atoms with Gasteiger partial charge in [-0.05, 0) is 22.8 Å². The second-order valence-corrected chi connectivity index (χ2v) is 4.71. The predicted molar refractivity (Wildman–Crippen MR) is 76.5 cm³/mol. The number of carboxylic acids is 1. The number of benzene rings is 2. The lowest BCUT2D eigenvalue weighted by molar-refractivity contribution is -0.136. The van der Waals surface area contributed by atoms with Crippen LogP contribution in [0.25, 0.3) is 11.1 Å². The van der Waals surface area contributed by atoms with Crippen molar-refractivity contribution in [3.8, 4) is 11.1 Å². The number of carboxylic acid groups (broad SMARTS) is 1. The van der Waals surface area contributed by atoms with E-state index in [-0.39, 0.29) is 24.0 Å². The molecule has 22 heavy (non-hydrogen) atoms. The van der Waals surface area contributed by atoms with Crippen molar-refractivity contribution in [2.75, 3.05) is 0 Å². The number of aliphatic carboxylic acids is 1. The van der Waals surface area contributed by atoms with E-state index in [9.17, 15) is 13.6 Å². The molecular formula is C16H13F2NO3. The number of amides is 1. The van der Waals surface area contributed by atoms with Crippen LogP contribution in [0.1, 0.15) is 16.7 Å². The predicted octanol–water partition coefficient (Wildman–Crippen LogP) is 2.54. The highest BCUT2D eigenvalue weighted by Gasteiger charge is 2.44. The van der Waals surface area contributed by atoms with Gasteiger partial charge in [0.15, 0.2) is 0 Å². The normalized spacial score (nSPS) is 13.4. The molecule has 3 rings (SSSR count). The van der Waals surface area contributed by atoms with Gasteiger partial charge in [-0.15, -0.1) is 0 Å². The SMILES string of the molecule is NC=O.O=C(O)Cc1ccc2c(c1)C(F)(F)c1ccccc1-2. The van der Waals surface area contributed by atoms with Crippen LogP contribution in [-0.4, -0.2) is 17.5 Å². The van der Waals surface area contributed by atoms with Crippen LogP contribution in [-0.2, 0) is 21.9 Å². The molecule has 2 aromatic rings. The van der Waals surface area contributed by atoms with E-state index in [0.29, 0.717) is 16.7 Å². The molecule has 0 spiro atoms. The molecule has 0 aliphatic heterocycles. The van der Waals surface area contributed by atoms with Gasteiger partial charge < -0.3 is 10.8 Å². The summed E-state index contributed by atoms with van der Waals surface area (Å²) in [5.74, 6) is -4.08. The first-order chi connectivity index (χ1) is 10.4. The first kappa shape index (κ1) is 15.6. The quantitative estimate of drug-likeness (QED) is 0.837. The molecule has 0 saturated heterocycles. The van der Waals surface area contributed by atoms with Crippen LogP contribution in [0.4, 0.5) is 8.78 Å². The fraction of sp³-hybridized carbons (Fsp3) is 0.125. The van der Waals surface area contributed by atoms with E-state index < -0.39 is 11.9 Å². The summed E-state index contributed by atoms with van der Waals surface area (Å²) >= 11 is 0. The largest absolute Gasteiger partial charge is 0.481 e. The average molecular weight is 305 g/mol. The van der Waals surface area contributed by atoms with Crippen molar-refractivity contribution in [1.82, 2.24) is 0 Å². The first-order valence-electron chi connectivity index (χ1n) is 6.40. The van der Waals surface area contributed by atoms with Crippen molar-refractivity contribution >= 4 is 12.4 Å². The smallest absolute Gasteiger partial charge is 0.307 e. The van der Waals surface area contributed by atoms with E-state index in [1.54, 1.807) is 30.3 Å². The summed E-state index contributed by atoms with van der Waals surface area (Å²) in [6, 6.07) is 10.8. The summed E-state index contributed by atoms with van der Waals surface area (Å²) in [5.41, 5.74) is 5.43. The van der Waals surface area contributed by atoms with Crippen molar-refractivity contribution in [1.29, 1.82) is 0 Å². The summed E-state index contributed by atoms with van der Waals surface area (Å²) in [7, 11) is 0. The average Bonchev–Trinajstić information content (AvgIpc) is 2.68. The van der Waals surface area contributed by atoms with Crippen molar-refractivity contribution in [2.45, 2.75) is 12.3 Å². The highest BCUT2D eigenvalue weighted by molar-refractivity contribution is 5.80.